The van der Waals surface area contributed by atoms with E-state index in [1.54, 1.807) is 31.4 Å². The van der Waals surface area contributed by atoms with Gasteiger partial charge in [0.05, 0.1) is 27.0 Å². The minimum Gasteiger partial charge on any atom is -0.493 e. The van der Waals surface area contributed by atoms with Crippen LogP contribution in [-0.4, -0.2) is 54.0 Å². The first kappa shape index (κ1) is 19.2. The van der Waals surface area contributed by atoms with Crippen LogP contribution in [0.4, 0.5) is 0 Å². The zero-order valence-electron chi connectivity index (χ0n) is 15.6. The Kier molecular flexibility index (Phi) is 5.98. The Bertz CT molecular complexity index is 765. The molecule has 0 aliphatic carbocycles. The fourth-order valence-electron chi connectivity index (χ4n) is 3.39. The van der Waals surface area contributed by atoms with Crippen molar-refractivity contribution in [2.45, 2.75) is 31.5 Å². The third-order valence-corrected chi connectivity index (χ3v) is 4.76. The van der Waals surface area contributed by atoms with Crippen molar-refractivity contribution in [2.24, 2.45) is 0 Å². The van der Waals surface area contributed by atoms with E-state index in [1.807, 2.05) is 18.2 Å². The molecule has 1 aliphatic heterocycles. The van der Waals surface area contributed by atoms with Crippen LogP contribution < -0.4 is 14.8 Å². The van der Waals surface area contributed by atoms with Crippen molar-refractivity contribution in [3.63, 3.8) is 0 Å². The van der Waals surface area contributed by atoms with Crippen LogP contribution in [0.25, 0.3) is 0 Å². The summed E-state index contributed by atoms with van der Waals surface area (Å²) in [6.45, 7) is 1.49. The normalized spacial score (nSPS) is 20.0. The Balaban J connectivity index is 1.67. The van der Waals surface area contributed by atoms with Crippen molar-refractivity contribution in [3.05, 3.63) is 41.8 Å². The van der Waals surface area contributed by atoms with Gasteiger partial charge in [-0.2, -0.15) is 0 Å². The molecule has 0 radical (unpaired) electrons. The summed E-state index contributed by atoms with van der Waals surface area (Å²) < 4.78 is 15.8. The molecule has 1 aliphatic rings. The first-order valence-corrected chi connectivity index (χ1v) is 8.89. The quantitative estimate of drug-likeness (QED) is 0.718. The van der Waals surface area contributed by atoms with Gasteiger partial charge in [-0.3, -0.25) is 4.79 Å². The highest BCUT2D eigenvalue weighted by atomic mass is 16.5. The number of hydrogen-bond acceptors (Lipinski definition) is 7. The Labute approximate surface area is 158 Å². The molecular formula is C19H25N3O5. The molecule has 8 nitrogen and oxygen atoms in total. The number of nitrogens with one attached hydrogen (secondary N) is 1. The van der Waals surface area contributed by atoms with E-state index >= 15 is 0 Å². The number of aromatic nitrogens is 1. The van der Waals surface area contributed by atoms with E-state index in [9.17, 15) is 9.90 Å². The molecule has 1 unspecified atom stereocenters. The van der Waals surface area contributed by atoms with Crippen LogP contribution in [0.5, 0.6) is 11.5 Å². The number of hydrogen-bond donors (Lipinski definition) is 2. The fraction of sp³-hybridized carbons (Fsp3) is 0.474. The number of likely N-dealkylation sites (tertiary alicyclic amines) is 1. The average molecular weight is 375 g/mol. The Morgan fingerprint density at radius 3 is 2.89 bits per heavy atom. The van der Waals surface area contributed by atoms with E-state index in [2.05, 4.69) is 10.5 Å². The van der Waals surface area contributed by atoms with Gasteiger partial charge in [0, 0.05) is 31.3 Å². The number of nitrogens with zero attached hydrogens (tertiary/aromatic N) is 2. The van der Waals surface area contributed by atoms with E-state index in [4.69, 9.17) is 14.0 Å². The van der Waals surface area contributed by atoms with E-state index < -0.39 is 5.60 Å². The van der Waals surface area contributed by atoms with Gasteiger partial charge in [0.1, 0.15) is 5.76 Å². The molecule has 2 aromatic rings. The molecule has 1 fully saturated rings. The number of amides is 1. The van der Waals surface area contributed by atoms with Crippen LogP contribution in [0.1, 0.15) is 24.2 Å². The highest BCUT2D eigenvalue weighted by Crippen LogP contribution is 2.33. The predicted octanol–water partition coefficient (Wildman–Crippen LogP) is 1.34. The van der Waals surface area contributed by atoms with Gasteiger partial charge in [0.25, 0.3) is 5.91 Å². The SMILES string of the molecule is COc1cccc(CN2CCCC(O)(CNCc3ccno3)C2=O)c1OC. The minimum atomic E-state index is -1.44. The van der Waals surface area contributed by atoms with Crippen molar-refractivity contribution < 1.29 is 23.9 Å². The maximum Gasteiger partial charge on any atom is 0.256 e. The zero-order valence-corrected chi connectivity index (χ0v) is 15.6. The van der Waals surface area contributed by atoms with Crippen molar-refractivity contribution in [1.29, 1.82) is 0 Å². The standard InChI is InChI=1S/C19H25N3O5/c1-25-16-6-3-5-14(17(16)26-2)12-22-10-4-8-19(24,18(22)23)13-20-11-15-7-9-21-27-15/h3,5-7,9,20,24H,4,8,10-13H2,1-2H3. The summed E-state index contributed by atoms with van der Waals surface area (Å²) in [4.78, 5) is 14.6. The van der Waals surface area contributed by atoms with Gasteiger partial charge in [-0.05, 0) is 18.9 Å². The van der Waals surface area contributed by atoms with Crippen LogP contribution >= 0.6 is 0 Å². The Morgan fingerprint density at radius 2 is 2.19 bits per heavy atom. The van der Waals surface area contributed by atoms with E-state index in [1.165, 1.54) is 0 Å². The number of piperidine rings is 1. The number of para-hydroxylation sites is 1. The molecule has 1 atom stereocenters. The molecular weight excluding hydrogens is 350 g/mol. The van der Waals surface area contributed by atoms with Crippen LogP contribution in [0.2, 0.25) is 0 Å². The second-order valence-electron chi connectivity index (χ2n) is 6.60. The highest BCUT2D eigenvalue weighted by molar-refractivity contribution is 5.86. The van der Waals surface area contributed by atoms with Crippen LogP contribution in [0, 0.1) is 0 Å². The molecule has 0 saturated carbocycles. The van der Waals surface area contributed by atoms with E-state index in [0.717, 1.165) is 12.0 Å². The second-order valence-corrected chi connectivity index (χ2v) is 6.60. The first-order valence-electron chi connectivity index (χ1n) is 8.89. The summed E-state index contributed by atoms with van der Waals surface area (Å²) in [6, 6.07) is 7.30. The van der Waals surface area contributed by atoms with Gasteiger partial charge in [-0.25, -0.2) is 0 Å². The number of carbonyl (C=O) groups excluding carboxylic acids is 1. The summed E-state index contributed by atoms with van der Waals surface area (Å²) in [6.07, 6.45) is 2.69. The molecule has 1 saturated heterocycles. The van der Waals surface area contributed by atoms with Crippen molar-refractivity contribution in [2.75, 3.05) is 27.3 Å². The zero-order chi connectivity index (χ0) is 19.3. The first-order chi connectivity index (χ1) is 13.1. The average Bonchev–Trinajstić information content (AvgIpc) is 3.19. The van der Waals surface area contributed by atoms with Gasteiger partial charge in [0.2, 0.25) is 0 Å². The lowest BCUT2D eigenvalue weighted by molar-refractivity contribution is -0.157. The molecule has 0 spiro atoms. The number of benzene rings is 1. The number of carbonyl (C=O) groups is 1. The molecule has 2 heterocycles. The van der Waals surface area contributed by atoms with Gasteiger partial charge < -0.3 is 29.3 Å². The lowest BCUT2D eigenvalue weighted by Crippen LogP contribution is -2.57. The number of rotatable bonds is 8. The van der Waals surface area contributed by atoms with Crippen LogP contribution in [0.15, 0.2) is 35.0 Å². The van der Waals surface area contributed by atoms with E-state index in [0.29, 0.717) is 43.3 Å². The molecule has 1 aromatic heterocycles. The maximum atomic E-state index is 12.9. The fourth-order valence-corrected chi connectivity index (χ4v) is 3.39. The monoisotopic (exact) mass is 375 g/mol. The van der Waals surface area contributed by atoms with Gasteiger partial charge >= 0.3 is 0 Å². The summed E-state index contributed by atoms with van der Waals surface area (Å²) in [5.41, 5.74) is -0.603. The lowest BCUT2D eigenvalue weighted by atomic mass is 9.91. The summed E-state index contributed by atoms with van der Waals surface area (Å²) in [5, 5.41) is 17.6. The molecule has 8 heteroatoms. The van der Waals surface area contributed by atoms with Crippen LogP contribution in [0.3, 0.4) is 0 Å². The smallest absolute Gasteiger partial charge is 0.256 e. The Hall–Kier alpha value is -2.58. The van der Waals surface area contributed by atoms with Gasteiger partial charge in [0.15, 0.2) is 17.1 Å². The maximum absolute atomic E-state index is 12.9. The molecule has 1 aromatic carbocycles. The molecule has 146 valence electrons. The predicted molar refractivity (Wildman–Crippen MR) is 97.4 cm³/mol. The summed E-state index contributed by atoms with van der Waals surface area (Å²) >= 11 is 0. The summed E-state index contributed by atoms with van der Waals surface area (Å²) in [7, 11) is 3.15. The van der Waals surface area contributed by atoms with Crippen molar-refractivity contribution in [1.82, 2.24) is 15.4 Å². The highest BCUT2D eigenvalue weighted by Gasteiger charge is 2.42. The van der Waals surface area contributed by atoms with E-state index in [-0.39, 0.29) is 12.5 Å². The summed E-state index contributed by atoms with van der Waals surface area (Å²) in [5.74, 6) is 1.58. The van der Waals surface area contributed by atoms with Gasteiger partial charge in [-0.1, -0.05) is 17.3 Å². The van der Waals surface area contributed by atoms with Gasteiger partial charge in [-0.15, -0.1) is 0 Å². The third-order valence-electron chi connectivity index (χ3n) is 4.76. The molecule has 27 heavy (non-hydrogen) atoms. The molecule has 2 N–H and O–H groups in total. The second kappa shape index (κ2) is 8.41. The lowest BCUT2D eigenvalue weighted by Gasteiger charge is -2.38. The molecule has 3 rings (SSSR count). The van der Waals surface area contributed by atoms with Crippen molar-refractivity contribution in [3.8, 4) is 11.5 Å². The van der Waals surface area contributed by atoms with Crippen LogP contribution in [-0.2, 0) is 17.9 Å². The Morgan fingerprint density at radius 1 is 1.33 bits per heavy atom. The third kappa shape index (κ3) is 4.23. The number of aliphatic hydroxyl groups is 1. The minimum absolute atomic E-state index is 0.151. The molecule has 1 amide bonds. The van der Waals surface area contributed by atoms with Crippen molar-refractivity contribution >= 4 is 5.91 Å². The number of ether oxygens (including phenoxy) is 2. The molecule has 0 bridgehead atoms. The topological polar surface area (TPSA) is 97.1 Å². The largest absolute Gasteiger partial charge is 0.493 e. The number of methoxy groups -OCH3 is 2.